The summed E-state index contributed by atoms with van der Waals surface area (Å²) in [6, 6.07) is 6.89. The van der Waals surface area contributed by atoms with Crippen LogP contribution in [0.5, 0.6) is 0 Å². The number of hydrogen-bond acceptors (Lipinski definition) is 3. The SMILES string of the molecule is CC(C)CCn1nnnc1[C@H](c1ccccc1F)[NH+]1CC[NH+](C)CC1. The molecular formula is C18H29FN6+2. The zero-order valence-electron chi connectivity index (χ0n) is 15.4. The minimum absolute atomic E-state index is 0.156. The number of quaternary nitrogens is 2. The van der Waals surface area contributed by atoms with E-state index in [1.54, 1.807) is 6.07 Å². The predicted molar refractivity (Wildman–Crippen MR) is 92.8 cm³/mol. The number of benzene rings is 1. The fraction of sp³-hybridized carbons (Fsp3) is 0.611. The first-order valence-electron chi connectivity index (χ1n) is 9.22. The first kappa shape index (κ1) is 17.9. The van der Waals surface area contributed by atoms with E-state index < -0.39 is 0 Å². The molecule has 0 saturated carbocycles. The summed E-state index contributed by atoms with van der Waals surface area (Å²) in [5, 5.41) is 12.4. The number of rotatable bonds is 6. The molecule has 7 heteroatoms. The largest absolute Gasteiger partial charge is 0.328 e. The van der Waals surface area contributed by atoms with E-state index in [-0.39, 0.29) is 11.9 Å². The molecule has 3 rings (SSSR count). The average molecular weight is 348 g/mol. The van der Waals surface area contributed by atoms with Crippen LogP contribution in [0.4, 0.5) is 4.39 Å². The summed E-state index contributed by atoms with van der Waals surface area (Å²) < 4.78 is 16.5. The molecule has 0 bridgehead atoms. The molecule has 1 aliphatic rings. The van der Waals surface area contributed by atoms with E-state index in [0.717, 1.165) is 45.0 Å². The Hall–Kier alpha value is -1.86. The summed E-state index contributed by atoms with van der Waals surface area (Å²) in [7, 11) is 2.21. The van der Waals surface area contributed by atoms with Gasteiger partial charge in [-0.1, -0.05) is 26.0 Å². The summed E-state index contributed by atoms with van der Waals surface area (Å²) in [6.07, 6.45) is 1.00. The van der Waals surface area contributed by atoms with Crippen molar-refractivity contribution >= 4 is 0 Å². The number of halogens is 1. The predicted octanol–water partition coefficient (Wildman–Crippen LogP) is -0.639. The molecule has 1 saturated heterocycles. The van der Waals surface area contributed by atoms with Crippen LogP contribution in [0.2, 0.25) is 0 Å². The Balaban J connectivity index is 1.95. The van der Waals surface area contributed by atoms with Gasteiger partial charge in [-0.05, 0) is 34.9 Å². The Morgan fingerprint density at radius 2 is 1.88 bits per heavy atom. The molecule has 2 aromatic rings. The average Bonchev–Trinajstić information content (AvgIpc) is 3.05. The van der Waals surface area contributed by atoms with Crippen molar-refractivity contribution in [3.05, 3.63) is 41.5 Å². The first-order valence-corrected chi connectivity index (χ1v) is 9.22. The Morgan fingerprint density at radius 1 is 1.16 bits per heavy atom. The molecule has 1 aromatic carbocycles. The maximum atomic E-state index is 14.6. The first-order chi connectivity index (χ1) is 12.1. The molecule has 1 atom stereocenters. The van der Waals surface area contributed by atoms with Crippen molar-refractivity contribution in [1.29, 1.82) is 0 Å². The van der Waals surface area contributed by atoms with Crippen LogP contribution in [0.15, 0.2) is 24.3 Å². The van der Waals surface area contributed by atoms with Crippen molar-refractivity contribution in [2.24, 2.45) is 5.92 Å². The normalized spacial score (nSPS) is 22.3. The lowest BCUT2D eigenvalue weighted by Crippen LogP contribution is -3.27. The highest BCUT2D eigenvalue weighted by atomic mass is 19.1. The van der Waals surface area contributed by atoms with Crippen LogP contribution in [0, 0.1) is 11.7 Å². The van der Waals surface area contributed by atoms with Gasteiger partial charge < -0.3 is 9.80 Å². The van der Waals surface area contributed by atoms with Crippen molar-refractivity contribution in [3.8, 4) is 0 Å². The fourth-order valence-electron chi connectivity index (χ4n) is 3.50. The van der Waals surface area contributed by atoms with E-state index in [1.165, 1.54) is 15.9 Å². The fourth-order valence-corrected chi connectivity index (χ4v) is 3.50. The third-order valence-corrected chi connectivity index (χ3v) is 5.11. The highest BCUT2D eigenvalue weighted by Gasteiger charge is 2.36. The lowest BCUT2D eigenvalue weighted by molar-refractivity contribution is -1.02. The van der Waals surface area contributed by atoms with Gasteiger partial charge in [-0.15, -0.1) is 5.10 Å². The van der Waals surface area contributed by atoms with Crippen molar-refractivity contribution < 1.29 is 14.2 Å². The van der Waals surface area contributed by atoms with Crippen LogP contribution in [0.25, 0.3) is 0 Å². The molecule has 2 heterocycles. The van der Waals surface area contributed by atoms with Crippen LogP contribution in [-0.2, 0) is 6.54 Å². The van der Waals surface area contributed by atoms with Gasteiger partial charge in [0, 0.05) is 6.54 Å². The zero-order valence-corrected chi connectivity index (χ0v) is 15.4. The molecule has 0 amide bonds. The van der Waals surface area contributed by atoms with Gasteiger partial charge in [0.15, 0.2) is 6.04 Å². The summed E-state index contributed by atoms with van der Waals surface area (Å²) in [5.41, 5.74) is 0.692. The molecule has 1 aromatic heterocycles. The summed E-state index contributed by atoms with van der Waals surface area (Å²) in [4.78, 5) is 2.87. The monoisotopic (exact) mass is 348 g/mol. The van der Waals surface area contributed by atoms with E-state index in [4.69, 9.17) is 0 Å². The Morgan fingerprint density at radius 3 is 2.56 bits per heavy atom. The van der Waals surface area contributed by atoms with E-state index in [9.17, 15) is 4.39 Å². The minimum Gasteiger partial charge on any atom is -0.328 e. The van der Waals surface area contributed by atoms with Crippen molar-refractivity contribution in [2.75, 3.05) is 33.2 Å². The van der Waals surface area contributed by atoms with Crippen LogP contribution in [0.3, 0.4) is 0 Å². The Bertz CT molecular complexity index is 678. The van der Waals surface area contributed by atoms with E-state index in [1.807, 2.05) is 16.8 Å². The highest BCUT2D eigenvalue weighted by molar-refractivity contribution is 5.24. The zero-order chi connectivity index (χ0) is 17.8. The second-order valence-electron chi connectivity index (χ2n) is 7.51. The number of nitrogens with one attached hydrogen (secondary N) is 2. The third kappa shape index (κ3) is 4.22. The third-order valence-electron chi connectivity index (χ3n) is 5.11. The van der Waals surface area contributed by atoms with Gasteiger partial charge in [-0.3, -0.25) is 0 Å². The molecular weight excluding hydrogens is 319 g/mol. The minimum atomic E-state index is -0.176. The summed E-state index contributed by atoms with van der Waals surface area (Å²) >= 11 is 0. The molecule has 6 nitrogen and oxygen atoms in total. The number of likely N-dealkylation sites (N-methyl/N-ethyl adjacent to an activating group) is 1. The second kappa shape index (κ2) is 8.01. The van der Waals surface area contributed by atoms with Crippen molar-refractivity contribution in [3.63, 3.8) is 0 Å². The van der Waals surface area contributed by atoms with Gasteiger partial charge >= 0.3 is 0 Å². The standard InChI is InChI=1S/C18H27FN6/c1-14(2)8-9-25-18(20-21-22-25)17(15-6-4-5-7-16(15)19)24-12-10-23(3)11-13-24/h4-7,14,17H,8-13H2,1-3H3/p+2/t17-/m0/s1. The molecule has 0 radical (unpaired) electrons. The maximum Gasteiger partial charge on any atom is 0.214 e. The molecule has 0 aliphatic carbocycles. The van der Waals surface area contributed by atoms with Gasteiger partial charge in [0.05, 0.1) is 12.6 Å². The van der Waals surface area contributed by atoms with Crippen molar-refractivity contribution in [1.82, 2.24) is 20.2 Å². The van der Waals surface area contributed by atoms with Crippen LogP contribution < -0.4 is 9.80 Å². The topological polar surface area (TPSA) is 52.5 Å². The number of tetrazole rings is 1. The lowest BCUT2D eigenvalue weighted by Gasteiger charge is -2.33. The van der Waals surface area contributed by atoms with Gasteiger partial charge in [-0.2, -0.15) is 0 Å². The van der Waals surface area contributed by atoms with Crippen LogP contribution in [0.1, 0.15) is 37.7 Å². The van der Waals surface area contributed by atoms with Crippen LogP contribution >= 0.6 is 0 Å². The molecule has 25 heavy (non-hydrogen) atoms. The maximum absolute atomic E-state index is 14.6. The molecule has 0 unspecified atom stereocenters. The number of nitrogens with zero attached hydrogens (tertiary/aromatic N) is 4. The van der Waals surface area contributed by atoms with E-state index in [2.05, 4.69) is 36.4 Å². The lowest BCUT2D eigenvalue weighted by atomic mass is 10.0. The van der Waals surface area contributed by atoms with E-state index >= 15 is 0 Å². The Kier molecular flexibility index (Phi) is 5.75. The number of piperazine rings is 1. The van der Waals surface area contributed by atoms with Crippen LogP contribution in [-0.4, -0.2) is 53.4 Å². The smallest absolute Gasteiger partial charge is 0.214 e. The molecule has 0 spiro atoms. The summed E-state index contributed by atoms with van der Waals surface area (Å²) in [6.45, 7) is 9.27. The highest BCUT2D eigenvalue weighted by Crippen LogP contribution is 2.20. The molecule has 1 aliphatic heterocycles. The molecule has 1 fully saturated rings. The number of aryl methyl sites for hydroxylation is 1. The van der Waals surface area contributed by atoms with Gasteiger partial charge in [0.2, 0.25) is 5.82 Å². The van der Waals surface area contributed by atoms with E-state index in [0.29, 0.717) is 11.5 Å². The van der Waals surface area contributed by atoms with Gasteiger partial charge in [0.25, 0.3) is 0 Å². The molecule has 2 N–H and O–H groups in total. The van der Waals surface area contributed by atoms with Gasteiger partial charge in [0.1, 0.15) is 32.0 Å². The second-order valence-corrected chi connectivity index (χ2v) is 7.51. The van der Waals surface area contributed by atoms with Crippen molar-refractivity contribution in [2.45, 2.75) is 32.9 Å². The summed E-state index contributed by atoms with van der Waals surface area (Å²) in [5.74, 6) is 1.17. The number of aromatic nitrogens is 4. The number of hydrogen-bond donors (Lipinski definition) is 2. The molecule has 136 valence electrons. The van der Waals surface area contributed by atoms with Gasteiger partial charge in [-0.25, -0.2) is 9.07 Å². The Labute approximate surface area is 148 Å². The quantitative estimate of drug-likeness (QED) is 0.730.